The molecule has 0 spiro atoms. The molecule has 4 nitrogen and oxygen atoms in total. The summed E-state index contributed by atoms with van der Waals surface area (Å²) in [4.78, 5) is 2.66. The number of thiocarbonyl (C=S) groups is 1. The first kappa shape index (κ1) is 17.9. The molecule has 0 atom stereocenters. The van der Waals surface area contributed by atoms with Gasteiger partial charge >= 0.3 is 0 Å². The summed E-state index contributed by atoms with van der Waals surface area (Å²) < 4.78 is 5.73. The van der Waals surface area contributed by atoms with E-state index in [1.165, 1.54) is 0 Å². The fourth-order valence-electron chi connectivity index (χ4n) is 2.09. The summed E-state index contributed by atoms with van der Waals surface area (Å²) >= 11 is 4.89. The lowest BCUT2D eigenvalue weighted by Gasteiger charge is -2.27. The molecule has 5 heteroatoms. The molecule has 1 aromatic rings. The van der Waals surface area contributed by atoms with E-state index in [4.69, 9.17) is 22.7 Å². The van der Waals surface area contributed by atoms with Crippen molar-refractivity contribution in [1.29, 1.82) is 0 Å². The largest absolute Gasteiger partial charge is 0.492 e. The van der Waals surface area contributed by atoms with Gasteiger partial charge in [0.2, 0.25) is 0 Å². The molecule has 0 aliphatic heterocycles. The number of hydrogen-bond acceptors (Lipinski definition) is 4. The van der Waals surface area contributed by atoms with Crippen molar-refractivity contribution in [1.82, 2.24) is 4.90 Å². The van der Waals surface area contributed by atoms with Crippen molar-refractivity contribution in [3.05, 3.63) is 29.8 Å². The van der Waals surface area contributed by atoms with E-state index in [9.17, 15) is 5.11 Å². The van der Waals surface area contributed by atoms with Crippen LogP contribution in [0.3, 0.4) is 0 Å². The fourth-order valence-corrected chi connectivity index (χ4v) is 2.26. The Morgan fingerprint density at radius 3 is 2.43 bits per heavy atom. The van der Waals surface area contributed by atoms with Crippen LogP contribution in [0.5, 0.6) is 5.75 Å². The maximum atomic E-state index is 9.83. The Kier molecular flexibility index (Phi) is 7.08. The second-order valence-corrected chi connectivity index (χ2v) is 6.34. The number of benzene rings is 1. The molecule has 0 saturated carbocycles. The van der Waals surface area contributed by atoms with Crippen LogP contribution in [-0.2, 0) is 6.42 Å². The standard InChI is InChI=1S/C16H26N2O2S/c1-4-18(12-16(2,3)19)9-10-20-14-7-5-13(6-8-14)11-15(17)21/h5-8,19H,4,9-12H2,1-3H3,(H2,17,21). The second-order valence-electron chi connectivity index (χ2n) is 5.82. The highest BCUT2D eigenvalue weighted by Crippen LogP contribution is 2.13. The van der Waals surface area contributed by atoms with Crippen molar-refractivity contribution in [3.63, 3.8) is 0 Å². The first-order chi connectivity index (χ1) is 9.80. The van der Waals surface area contributed by atoms with E-state index in [2.05, 4.69) is 11.8 Å². The van der Waals surface area contributed by atoms with Crippen LogP contribution in [0.2, 0.25) is 0 Å². The third-order valence-electron chi connectivity index (χ3n) is 3.04. The predicted octanol–water partition coefficient (Wildman–Crippen LogP) is 1.99. The van der Waals surface area contributed by atoms with Crippen LogP contribution in [0.25, 0.3) is 0 Å². The van der Waals surface area contributed by atoms with Crippen LogP contribution < -0.4 is 10.5 Å². The minimum Gasteiger partial charge on any atom is -0.492 e. The minimum absolute atomic E-state index is 0.494. The van der Waals surface area contributed by atoms with Gasteiger partial charge in [0.15, 0.2) is 0 Å². The van der Waals surface area contributed by atoms with E-state index in [-0.39, 0.29) is 0 Å². The van der Waals surface area contributed by atoms with Gasteiger partial charge in [-0.2, -0.15) is 0 Å². The molecule has 0 fully saturated rings. The third kappa shape index (κ3) is 7.99. The molecular formula is C16H26N2O2S. The van der Waals surface area contributed by atoms with Gasteiger partial charge in [-0.3, -0.25) is 4.90 Å². The van der Waals surface area contributed by atoms with E-state index in [0.717, 1.165) is 24.4 Å². The number of aliphatic hydroxyl groups is 1. The third-order valence-corrected chi connectivity index (χ3v) is 3.18. The lowest BCUT2D eigenvalue weighted by atomic mass is 10.1. The monoisotopic (exact) mass is 310 g/mol. The van der Waals surface area contributed by atoms with Crippen molar-refractivity contribution in [2.75, 3.05) is 26.2 Å². The minimum atomic E-state index is -0.682. The van der Waals surface area contributed by atoms with Gasteiger partial charge in [0, 0.05) is 19.5 Å². The van der Waals surface area contributed by atoms with E-state index in [1.54, 1.807) is 0 Å². The van der Waals surface area contributed by atoms with Gasteiger partial charge in [-0.15, -0.1) is 0 Å². The van der Waals surface area contributed by atoms with Gasteiger partial charge in [0.05, 0.1) is 10.6 Å². The van der Waals surface area contributed by atoms with Crippen LogP contribution in [0.4, 0.5) is 0 Å². The molecule has 0 aromatic heterocycles. The molecule has 1 aromatic carbocycles. The molecule has 21 heavy (non-hydrogen) atoms. The maximum Gasteiger partial charge on any atom is 0.119 e. The van der Waals surface area contributed by atoms with Crippen molar-refractivity contribution in [3.8, 4) is 5.75 Å². The molecule has 1 rings (SSSR count). The molecule has 0 saturated heterocycles. The number of nitrogens with zero attached hydrogens (tertiary/aromatic N) is 1. The molecule has 118 valence electrons. The van der Waals surface area contributed by atoms with Crippen molar-refractivity contribution >= 4 is 17.2 Å². The van der Waals surface area contributed by atoms with Gasteiger partial charge < -0.3 is 15.6 Å². The molecule has 0 radical (unpaired) electrons. The van der Waals surface area contributed by atoms with Crippen LogP contribution in [0.1, 0.15) is 26.3 Å². The topological polar surface area (TPSA) is 58.7 Å². The number of ether oxygens (including phenoxy) is 1. The number of rotatable bonds is 9. The number of likely N-dealkylation sites (N-methyl/N-ethyl adjacent to an activating group) is 1. The van der Waals surface area contributed by atoms with Crippen molar-refractivity contribution < 1.29 is 9.84 Å². The highest BCUT2D eigenvalue weighted by molar-refractivity contribution is 7.80. The summed E-state index contributed by atoms with van der Waals surface area (Å²) in [5.74, 6) is 0.834. The SMILES string of the molecule is CCN(CCOc1ccc(CC(N)=S)cc1)CC(C)(C)O. The van der Waals surface area contributed by atoms with Gasteiger partial charge in [-0.25, -0.2) is 0 Å². The lowest BCUT2D eigenvalue weighted by molar-refractivity contribution is 0.0340. The normalized spacial score (nSPS) is 11.7. The highest BCUT2D eigenvalue weighted by Gasteiger charge is 2.16. The summed E-state index contributed by atoms with van der Waals surface area (Å²) in [5, 5.41) is 9.83. The summed E-state index contributed by atoms with van der Waals surface area (Å²) in [5.41, 5.74) is 5.92. The average Bonchev–Trinajstić information content (AvgIpc) is 2.37. The summed E-state index contributed by atoms with van der Waals surface area (Å²) in [7, 11) is 0. The molecule has 0 bridgehead atoms. The van der Waals surface area contributed by atoms with E-state index in [1.807, 2.05) is 38.1 Å². The van der Waals surface area contributed by atoms with Gasteiger partial charge in [0.25, 0.3) is 0 Å². The lowest BCUT2D eigenvalue weighted by Crippen LogP contribution is -2.40. The zero-order valence-corrected chi connectivity index (χ0v) is 13.9. The maximum absolute atomic E-state index is 9.83. The highest BCUT2D eigenvalue weighted by atomic mass is 32.1. The molecular weight excluding hydrogens is 284 g/mol. The van der Waals surface area contributed by atoms with Crippen molar-refractivity contribution in [2.24, 2.45) is 5.73 Å². The Balaban J connectivity index is 2.39. The number of nitrogens with two attached hydrogens (primary N) is 1. The fraction of sp³-hybridized carbons (Fsp3) is 0.562. The summed E-state index contributed by atoms with van der Waals surface area (Å²) in [6.07, 6.45) is 0.616. The molecule has 0 heterocycles. The van der Waals surface area contributed by atoms with E-state index < -0.39 is 5.60 Å². The zero-order valence-electron chi connectivity index (χ0n) is 13.1. The first-order valence-electron chi connectivity index (χ1n) is 7.25. The van der Waals surface area contributed by atoms with E-state index in [0.29, 0.717) is 24.6 Å². The quantitative estimate of drug-likeness (QED) is 0.683. The van der Waals surface area contributed by atoms with Gasteiger partial charge in [0.1, 0.15) is 12.4 Å². The molecule has 0 aliphatic carbocycles. The molecule has 0 unspecified atom stereocenters. The number of hydrogen-bond donors (Lipinski definition) is 2. The van der Waals surface area contributed by atoms with Crippen molar-refractivity contribution in [2.45, 2.75) is 32.8 Å². The van der Waals surface area contributed by atoms with Gasteiger partial charge in [-0.05, 0) is 38.1 Å². The Morgan fingerprint density at radius 1 is 1.33 bits per heavy atom. The molecule has 0 amide bonds. The zero-order chi connectivity index (χ0) is 15.9. The molecule has 0 aliphatic rings. The predicted molar refractivity (Wildman–Crippen MR) is 90.8 cm³/mol. The van der Waals surface area contributed by atoms with E-state index >= 15 is 0 Å². The summed E-state index contributed by atoms with van der Waals surface area (Å²) in [6.45, 7) is 8.62. The van der Waals surface area contributed by atoms with Crippen LogP contribution in [0, 0.1) is 0 Å². The smallest absolute Gasteiger partial charge is 0.119 e. The molecule has 3 N–H and O–H groups in total. The Labute approximate surface area is 132 Å². The van der Waals surface area contributed by atoms with Crippen LogP contribution in [-0.4, -0.2) is 46.8 Å². The Bertz CT molecular complexity index is 441. The van der Waals surface area contributed by atoms with Crippen LogP contribution in [0.15, 0.2) is 24.3 Å². The summed E-state index contributed by atoms with van der Waals surface area (Å²) in [6, 6.07) is 7.81. The Hall–Kier alpha value is -1.17. The van der Waals surface area contributed by atoms with Crippen LogP contribution >= 0.6 is 12.2 Å². The Morgan fingerprint density at radius 2 is 1.95 bits per heavy atom. The average molecular weight is 310 g/mol. The van der Waals surface area contributed by atoms with Gasteiger partial charge in [-0.1, -0.05) is 31.3 Å². The first-order valence-corrected chi connectivity index (χ1v) is 7.66. The second kappa shape index (κ2) is 8.32.